The molecule has 0 radical (unpaired) electrons. The lowest BCUT2D eigenvalue weighted by molar-refractivity contribution is -0.885. The molecule has 3 heteroatoms. The van der Waals surface area contributed by atoms with Gasteiger partial charge in [0, 0.05) is 11.3 Å². The van der Waals surface area contributed by atoms with Crippen molar-refractivity contribution in [3.63, 3.8) is 0 Å². The number of likely N-dealkylation sites (N-methyl/N-ethyl adjacent to an activating group) is 1. The van der Waals surface area contributed by atoms with Crippen LogP contribution in [0.15, 0.2) is 42.5 Å². The number of nitrogens with one attached hydrogen (secondary N) is 2. The molecule has 2 aromatic rings. The Bertz CT molecular complexity index is 647. The lowest BCUT2D eigenvalue weighted by Gasteiger charge is -2.15. The van der Waals surface area contributed by atoms with E-state index in [0.29, 0.717) is 6.54 Å². The van der Waals surface area contributed by atoms with Crippen LogP contribution < -0.4 is 10.2 Å². The zero-order valence-electron chi connectivity index (χ0n) is 13.9. The van der Waals surface area contributed by atoms with Crippen molar-refractivity contribution in [2.45, 2.75) is 27.3 Å². The van der Waals surface area contributed by atoms with E-state index in [1.165, 1.54) is 21.6 Å². The quantitative estimate of drug-likeness (QED) is 0.872. The summed E-state index contributed by atoms with van der Waals surface area (Å²) < 4.78 is 0. The molecule has 2 N–H and O–H groups in total. The Hall–Kier alpha value is -2.13. The summed E-state index contributed by atoms with van der Waals surface area (Å²) in [5.74, 6) is 0.0540. The first-order valence-corrected chi connectivity index (χ1v) is 7.68. The molecule has 1 unspecified atom stereocenters. The van der Waals surface area contributed by atoms with Gasteiger partial charge in [-0.1, -0.05) is 42.0 Å². The smallest absolute Gasteiger partial charge is 0.279 e. The van der Waals surface area contributed by atoms with Crippen LogP contribution in [0, 0.1) is 20.8 Å². The molecule has 1 atom stereocenters. The van der Waals surface area contributed by atoms with E-state index < -0.39 is 0 Å². The third-order valence-corrected chi connectivity index (χ3v) is 3.97. The second-order valence-electron chi connectivity index (χ2n) is 6.09. The number of quaternary nitrogens is 1. The average Bonchev–Trinajstić information content (AvgIpc) is 2.46. The van der Waals surface area contributed by atoms with E-state index in [9.17, 15) is 4.79 Å². The van der Waals surface area contributed by atoms with Crippen LogP contribution >= 0.6 is 0 Å². The summed E-state index contributed by atoms with van der Waals surface area (Å²) in [5.41, 5.74) is 5.75. The fourth-order valence-corrected chi connectivity index (χ4v) is 2.47. The van der Waals surface area contributed by atoms with Crippen LogP contribution in [0.1, 0.15) is 22.3 Å². The van der Waals surface area contributed by atoms with Crippen molar-refractivity contribution in [3.8, 4) is 0 Å². The lowest BCUT2D eigenvalue weighted by atomic mass is 10.1. The van der Waals surface area contributed by atoms with Gasteiger partial charge in [0.1, 0.15) is 6.54 Å². The number of hydrogen-bond acceptors (Lipinski definition) is 1. The van der Waals surface area contributed by atoms with Crippen LogP contribution in [-0.4, -0.2) is 19.5 Å². The highest BCUT2D eigenvalue weighted by molar-refractivity contribution is 5.92. The van der Waals surface area contributed by atoms with E-state index >= 15 is 0 Å². The molecule has 22 heavy (non-hydrogen) atoms. The van der Waals surface area contributed by atoms with E-state index in [0.717, 1.165) is 17.8 Å². The molecule has 0 aliphatic heterocycles. The number of carbonyl (C=O) groups is 1. The van der Waals surface area contributed by atoms with Crippen molar-refractivity contribution in [1.82, 2.24) is 0 Å². The number of hydrogen-bond donors (Lipinski definition) is 2. The zero-order valence-corrected chi connectivity index (χ0v) is 13.9. The van der Waals surface area contributed by atoms with Gasteiger partial charge in [-0.25, -0.2) is 0 Å². The Labute approximate surface area is 133 Å². The summed E-state index contributed by atoms with van der Waals surface area (Å²) in [5, 5.41) is 3.02. The minimum absolute atomic E-state index is 0.0540. The Morgan fingerprint density at radius 1 is 1.05 bits per heavy atom. The first-order chi connectivity index (χ1) is 10.5. The normalized spacial score (nSPS) is 12.0. The van der Waals surface area contributed by atoms with Gasteiger partial charge in [0.15, 0.2) is 6.54 Å². The molecule has 116 valence electrons. The molecule has 0 saturated heterocycles. The first kappa shape index (κ1) is 16.2. The number of amides is 1. The summed E-state index contributed by atoms with van der Waals surface area (Å²) >= 11 is 0. The standard InChI is InChI=1S/C19H24N2O/c1-14-8-10-17(11-9-14)12-21(4)13-19(22)20-18-7-5-6-15(2)16(18)3/h5-11H,12-13H2,1-4H3,(H,20,22)/p+1. The maximum atomic E-state index is 12.2. The molecule has 0 aliphatic carbocycles. The number of anilines is 1. The Balaban J connectivity index is 1.91. The van der Waals surface area contributed by atoms with Crippen molar-refractivity contribution in [2.24, 2.45) is 0 Å². The van der Waals surface area contributed by atoms with Crippen molar-refractivity contribution >= 4 is 11.6 Å². The first-order valence-electron chi connectivity index (χ1n) is 7.68. The van der Waals surface area contributed by atoms with E-state index in [-0.39, 0.29) is 5.91 Å². The SMILES string of the molecule is Cc1ccc(C[NH+](C)CC(=O)Nc2cccc(C)c2C)cc1. The molecule has 0 bridgehead atoms. The van der Waals surface area contributed by atoms with Gasteiger partial charge in [-0.15, -0.1) is 0 Å². The molecule has 0 aromatic heterocycles. The maximum Gasteiger partial charge on any atom is 0.279 e. The van der Waals surface area contributed by atoms with E-state index in [4.69, 9.17) is 0 Å². The molecule has 1 amide bonds. The van der Waals surface area contributed by atoms with E-state index in [1.54, 1.807) is 0 Å². The predicted molar refractivity (Wildman–Crippen MR) is 91.2 cm³/mol. The van der Waals surface area contributed by atoms with Crippen LogP contribution in [0.5, 0.6) is 0 Å². The minimum Gasteiger partial charge on any atom is -0.326 e. The lowest BCUT2D eigenvalue weighted by Crippen LogP contribution is -3.08. The highest BCUT2D eigenvalue weighted by Gasteiger charge is 2.12. The average molecular weight is 297 g/mol. The van der Waals surface area contributed by atoms with Crippen molar-refractivity contribution in [1.29, 1.82) is 0 Å². The summed E-state index contributed by atoms with van der Waals surface area (Å²) in [4.78, 5) is 13.4. The van der Waals surface area contributed by atoms with Crippen molar-refractivity contribution < 1.29 is 9.69 Å². The van der Waals surface area contributed by atoms with Gasteiger partial charge < -0.3 is 10.2 Å². The third kappa shape index (κ3) is 4.43. The van der Waals surface area contributed by atoms with Gasteiger partial charge in [-0.2, -0.15) is 0 Å². The van der Waals surface area contributed by atoms with E-state index in [2.05, 4.69) is 49.5 Å². The number of rotatable bonds is 5. The van der Waals surface area contributed by atoms with Crippen molar-refractivity contribution in [2.75, 3.05) is 18.9 Å². The minimum atomic E-state index is 0.0540. The van der Waals surface area contributed by atoms with Gasteiger partial charge >= 0.3 is 0 Å². The molecule has 0 saturated carbocycles. The summed E-state index contributed by atoms with van der Waals surface area (Å²) in [6, 6.07) is 14.5. The topological polar surface area (TPSA) is 33.5 Å². The van der Waals surface area contributed by atoms with Crippen LogP contribution in [0.25, 0.3) is 0 Å². The fourth-order valence-electron chi connectivity index (χ4n) is 2.47. The fraction of sp³-hybridized carbons (Fsp3) is 0.316. The van der Waals surface area contributed by atoms with E-state index in [1.807, 2.05) is 26.1 Å². The largest absolute Gasteiger partial charge is 0.326 e. The summed E-state index contributed by atoms with van der Waals surface area (Å²) in [6.45, 7) is 7.48. The summed E-state index contributed by atoms with van der Waals surface area (Å²) in [6.07, 6.45) is 0. The summed E-state index contributed by atoms with van der Waals surface area (Å²) in [7, 11) is 2.04. The number of benzene rings is 2. The highest BCUT2D eigenvalue weighted by Crippen LogP contribution is 2.17. The molecule has 3 nitrogen and oxygen atoms in total. The van der Waals surface area contributed by atoms with Crippen LogP contribution in [-0.2, 0) is 11.3 Å². The van der Waals surface area contributed by atoms with Crippen LogP contribution in [0.4, 0.5) is 5.69 Å². The van der Waals surface area contributed by atoms with Crippen LogP contribution in [0.2, 0.25) is 0 Å². The number of aryl methyl sites for hydroxylation is 2. The third-order valence-electron chi connectivity index (χ3n) is 3.97. The zero-order chi connectivity index (χ0) is 16.1. The van der Waals surface area contributed by atoms with Crippen molar-refractivity contribution in [3.05, 3.63) is 64.7 Å². The van der Waals surface area contributed by atoms with Gasteiger partial charge in [0.05, 0.1) is 7.05 Å². The molecular weight excluding hydrogens is 272 g/mol. The molecule has 2 rings (SSSR count). The molecular formula is C19H25N2O+. The van der Waals surface area contributed by atoms with Crippen LogP contribution in [0.3, 0.4) is 0 Å². The van der Waals surface area contributed by atoms with Gasteiger partial charge in [-0.05, 0) is 38.0 Å². The molecule has 2 aromatic carbocycles. The van der Waals surface area contributed by atoms with Gasteiger partial charge in [-0.3, -0.25) is 4.79 Å². The molecule has 0 aliphatic rings. The predicted octanol–water partition coefficient (Wildman–Crippen LogP) is 2.27. The molecule has 0 spiro atoms. The Morgan fingerprint density at radius 3 is 2.41 bits per heavy atom. The Morgan fingerprint density at radius 2 is 1.73 bits per heavy atom. The number of carbonyl (C=O) groups excluding carboxylic acids is 1. The Kier molecular flexibility index (Phi) is 5.34. The second kappa shape index (κ2) is 7.23. The maximum absolute atomic E-state index is 12.2. The monoisotopic (exact) mass is 297 g/mol. The van der Waals surface area contributed by atoms with Gasteiger partial charge in [0.25, 0.3) is 5.91 Å². The van der Waals surface area contributed by atoms with Gasteiger partial charge in [0.2, 0.25) is 0 Å². The second-order valence-corrected chi connectivity index (χ2v) is 6.09. The molecule has 0 heterocycles. The molecule has 0 fully saturated rings. The highest BCUT2D eigenvalue weighted by atomic mass is 16.2.